The third-order valence-corrected chi connectivity index (χ3v) is 3.05. The molecule has 0 heterocycles. The van der Waals surface area contributed by atoms with Crippen molar-refractivity contribution in [2.75, 3.05) is 17.9 Å². The topological polar surface area (TPSA) is 76.4 Å². The van der Waals surface area contributed by atoms with Crippen LogP contribution in [0.3, 0.4) is 0 Å². The molecule has 0 saturated carbocycles. The van der Waals surface area contributed by atoms with Gasteiger partial charge in [-0.05, 0) is 42.8 Å². The van der Waals surface area contributed by atoms with E-state index in [1.54, 1.807) is 31.2 Å². The lowest BCUT2D eigenvalue weighted by Crippen LogP contribution is -2.14. The van der Waals surface area contributed by atoms with E-state index in [0.717, 1.165) is 5.56 Å². The SMILES string of the molecule is COc1ccc(NC(=O)c2ccc(NN)cc2C)cc1F. The van der Waals surface area contributed by atoms with Gasteiger partial charge in [-0.2, -0.15) is 0 Å². The summed E-state index contributed by atoms with van der Waals surface area (Å²) in [6, 6.07) is 9.34. The molecule has 0 aliphatic heterocycles. The van der Waals surface area contributed by atoms with Gasteiger partial charge in [0, 0.05) is 23.0 Å². The second-order valence-corrected chi connectivity index (χ2v) is 4.48. The molecule has 2 aromatic rings. The molecule has 0 aliphatic carbocycles. The van der Waals surface area contributed by atoms with Gasteiger partial charge in [0.25, 0.3) is 5.91 Å². The van der Waals surface area contributed by atoms with Crippen molar-refractivity contribution < 1.29 is 13.9 Å². The van der Waals surface area contributed by atoms with Crippen LogP contribution in [-0.2, 0) is 0 Å². The van der Waals surface area contributed by atoms with Gasteiger partial charge in [0.2, 0.25) is 0 Å². The first-order valence-corrected chi connectivity index (χ1v) is 6.27. The Labute approximate surface area is 121 Å². The van der Waals surface area contributed by atoms with E-state index in [4.69, 9.17) is 10.6 Å². The number of rotatable bonds is 4. The van der Waals surface area contributed by atoms with E-state index in [1.165, 1.54) is 19.2 Å². The zero-order valence-corrected chi connectivity index (χ0v) is 11.7. The Bertz CT molecular complexity index is 674. The number of aryl methyl sites for hydroxylation is 1. The van der Waals surface area contributed by atoms with E-state index in [-0.39, 0.29) is 11.7 Å². The number of carbonyl (C=O) groups excluding carboxylic acids is 1. The van der Waals surface area contributed by atoms with Gasteiger partial charge in [-0.3, -0.25) is 10.6 Å². The van der Waals surface area contributed by atoms with Crippen LogP contribution in [0.2, 0.25) is 0 Å². The smallest absolute Gasteiger partial charge is 0.255 e. The van der Waals surface area contributed by atoms with E-state index in [9.17, 15) is 9.18 Å². The van der Waals surface area contributed by atoms with Crippen molar-refractivity contribution in [2.45, 2.75) is 6.92 Å². The molecule has 0 fully saturated rings. The highest BCUT2D eigenvalue weighted by Crippen LogP contribution is 2.22. The van der Waals surface area contributed by atoms with Crippen LogP contribution < -0.4 is 21.3 Å². The molecule has 0 unspecified atom stereocenters. The number of nitrogens with two attached hydrogens (primary N) is 1. The molecule has 110 valence electrons. The van der Waals surface area contributed by atoms with Crippen molar-refractivity contribution >= 4 is 17.3 Å². The highest BCUT2D eigenvalue weighted by atomic mass is 19.1. The zero-order chi connectivity index (χ0) is 15.4. The summed E-state index contributed by atoms with van der Waals surface area (Å²) in [5, 5.41) is 2.64. The minimum atomic E-state index is -0.533. The number of halogens is 1. The molecular weight excluding hydrogens is 273 g/mol. The first-order chi connectivity index (χ1) is 10.0. The number of nitrogens with one attached hydrogen (secondary N) is 2. The summed E-state index contributed by atoms with van der Waals surface area (Å²) >= 11 is 0. The average Bonchev–Trinajstić information content (AvgIpc) is 2.47. The second-order valence-electron chi connectivity index (χ2n) is 4.48. The van der Waals surface area contributed by atoms with Gasteiger partial charge in [-0.1, -0.05) is 0 Å². The predicted molar refractivity (Wildman–Crippen MR) is 79.9 cm³/mol. The number of methoxy groups -OCH3 is 1. The van der Waals surface area contributed by atoms with Crippen LogP contribution in [0.5, 0.6) is 5.75 Å². The summed E-state index contributed by atoms with van der Waals surface area (Å²) in [5.41, 5.74) is 4.83. The van der Waals surface area contributed by atoms with Crippen LogP contribution in [0.25, 0.3) is 0 Å². The molecule has 0 spiro atoms. The number of amides is 1. The van der Waals surface area contributed by atoms with Crippen LogP contribution in [0.1, 0.15) is 15.9 Å². The van der Waals surface area contributed by atoms with Gasteiger partial charge < -0.3 is 15.5 Å². The molecule has 21 heavy (non-hydrogen) atoms. The van der Waals surface area contributed by atoms with Gasteiger partial charge in [0.05, 0.1) is 7.11 Å². The van der Waals surface area contributed by atoms with Gasteiger partial charge in [0.15, 0.2) is 11.6 Å². The molecule has 2 aromatic carbocycles. The van der Waals surface area contributed by atoms with Crippen LogP contribution in [-0.4, -0.2) is 13.0 Å². The normalized spacial score (nSPS) is 10.1. The summed E-state index contributed by atoms with van der Waals surface area (Å²) in [6.45, 7) is 1.80. The molecule has 0 aliphatic rings. The molecular formula is C15H16FN3O2. The number of anilines is 2. The average molecular weight is 289 g/mol. The molecule has 0 aromatic heterocycles. The Morgan fingerprint density at radius 2 is 1.90 bits per heavy atom. The first kappa shape index (κ1) is 14.8. The van der Waals surface area contributed by atoms with E-state index in [2.05, 4.69) is 10.7 Å². The largest absolute Gasteiger partial charge is 0.494 e. The highest BCUT2D eigenvalue weighted by Gasteiger charge is 2.11. The van der Waals surface area contributed by atoms with Crippen molar-refractivity contribution in [3.63, 3.8) is 0 Å². The third-order valence-electron chi connectivity index (χ3n) is 3.05. The quantitative estimate of drug-likeness (QED) is 0.597. The lowest BCUT2D eigenvalue weighted by Gasteiger charge is -2.10. The van der Waals surface area contributed by atoms with Gasteiger partial charge in [-0.15, -0.1) is 0 Å². The van der Waals surface area contributed by atoms with Crippen molar-refractivity contribution in [3.05, 3.63) is 53.3 Å². The fourth-order valence-corrected chi connectivity index (χ4v) is 1.95. The first-order valence-electron chi connectivity index (χ1n) is 6.27. The molecule has 0 saturated heterocycles. The predicted octanol–water partition coefficient (Wildman–Crippen LogP) is 2.68. The summed E-state index contributed by atoms with van der Waals surface area (Å²) in [4.78, 5) is 12.2. The number of benzene rings is 2. The Balaban J connectivity index is 2.20. The fourth-order valence-electron chi connectivity index (χ4n) is 1.95. The van der Waals surface area contributed by atoms with E-state index in [0.29, 0.717) is 16.9 Å². The van der Waals surface area contributed by atoms with Gasteiger partial charge in [-0.25, -0.2) is 4.39 Å². The Morgan fingerprint density at radius 3 is 2.48 bits per heavy atom. The maximum Gasteiger partial charge on any atom is 0.255 e. The van der Waals surface area contributed by atoms with Crippen LogP contribution in [0, 0.1) is 12.7 Å². The lowest BCUT2D eigenvalue weighted by atomic mass is 10.1. The molecule has 5 nitrogen and oxygen atoms in total. The molecule has 2 rings (SSSR count). The second kappa shape index (κ2) is 6.23. The number of carbonyl (C=O) groups is 1. The molecule has 4 N–H and O–H groups in total. The van der Waals surface area contributed by atoms with Gasteiger partial charge >= 0.3 is 0 Å². The zero-order valence-electron chi connectivity index (χ0n) is 11.7. The standard InChI is InChI=1S/C15H16FN3O2/c1-9-7-11(19-17)3-5-12(9)15(20)18-10-4-6-14(21-2)13(16)8-10/h3-8,19H,17H2,1-2H3,(H,18,20). The molecule has 0 atom stereocenters. The maximum atomic E-state index is 13.6. The maximum absolute atomic E-state index is 13.6. The van der Waals surface area contributed by atoms with E-state index in [1.807, 2.05) is 0 Å². The number of hydrogen-bond donors (Lipinski definition) is 3. The molecule has 1 amide bonds. The fraction of sp³-hybridized carbons (Fsp3) is 0.133. The lowest BCUT2D eigenvalue weighted by molar-refractivity contribution is 0.102. The van der Waals surface area contributed by atoms with Crippen molar-refractivity contribution in [2.24, 2.45) is 5.84 Å². The summed E-state index contributed by atoms with van der Waals surface area (Å²) in [5.74, 6) is 4.58. The minimum absolute atomic E-state index is 0.127. The molecule has 6 heteroatoms. The van der Waals surface area contributed by atoms with Gasteiger partial charge in [0.1, 0.15) is 0 Å². The Hall–Kier alpha value is -2.60. The number of hydrazine groups is 1. The highest BCUT2D eigenvalue weighted by molar-refractivity contribution is 6.05. The number of hydrogen-bond acceptors (Lipinski definition) is 4. The van der Waals surface area contributed by atoms with Crippen molar-refractivity contribution in [1.82, 2.24) is 0 Å². The van der Waals surface area contributed by atoms with E-state index < -0.39 is 5.82 Å². The van der Waals surface area contributed by atoms with Crippen LogP contribution >= 0.6 is 0 Å². The Kier molecular flexibility index (Phi) is 4.39. The summed E-state index contributed by atoms with van der Waals surface area (Å²) in [7, 11) is 1.38. The number of ether oxygens (including phenoxy) is 1. The minimum Gasteiger partial charge on any atom is -0.494 e. The monoisotopic (exact) mass is 289 g/mol. The van der Waals surface area contributed by atoms with Crippen molar-refractivity contribution in [1.29, 1.82) is 0 Å². The molecule has 0 bridgehead atoms. The Morgan fingerprint density at radius 1 is 1.19 bits per heavy atom. The van der Waals surface area contributed by atoms with E-state index >= 15 is 0 Å². The van der Waals surface area contributed by atoms with Crippen LogP contribution in [0.15, 0.2) is 36.4 Å². The third kappa shape index (κ3) is 3.29. The summed E-state index contributed by atoms with van der Waals surface area (Å²) in [6.07, 6.45) is 0. The van der Waals surface area contributed by atoms with Crippen molar-refractivity contribution in [3.8, 4) is 5.75 Å². The van der Waals surface area contributed by atoms with Crippen LogP contribution in [0.4, 0.5) is 15.8 Å². The summed E-state index contributed by atoms with van der Waals surface area (Å²) < 4.78 is 18.4. The number of nitrogen functional groups attached to an aromatic ring is 1. The molecule has 0 radical (unpaired) electrons.